The number of rotatable bonds is 6. The van der Waals surface area contributed by atoms with E-state index < -0.39 is 6.10 Å². The van der Waals surface area contributed by atoms with E-state index in [4.69, 9.17) is 4.74 Å². The van der Waals surface area contributed by atoms with Gasteiger partial charge in [-0.2, -0.15) is 0 Å². The zero-order valence-corrected chi connectivity index (χ0v) is 11.2. The number of carbonyl (C=O) groups excluding carboxylic acids is 1. The predicted molar refractivity (Wildman–Crippen MR) is 70.8 cm³/mol. The van der Waals surface area contributed by atoms with Gasteiger partial charge in [-0.15, -0.1) is 6.58 Å². The van der Waals surface area contributed by atoms with Crippen molar-refractivity contribution in [3.05, 3.63) is 35.6 Å². The zero-order chi connectivity index (χ0) is 12.7. The van der Waals surface area contributed by atoms with Crippen LogP contribution in [0.5, 0.6) is 0 Å². The van der Waals surface area contributed by atoms with E-state index in [1.807, 2.05) is 0 Å². The van der Waals surface area contributed by atoms with Gasteiger partial charge in [0.25, 0.3) is 5.91 Å². The molecule has 0 radical (unpaired) electrons. The first-order chi connectivity index (χ1) is 8.13. The second-order valence-corrected chi connectivity index (χ2v) is 4.39. The molecular formula is C12H15BrN2O2. The number of hydrogen-bond donors (Lipinski definition) is 1. The Hall–Kier alpha value is -1.20. The minimum absolute atomic E-state index is 0.186. The zero-order valence-electron chi connectivity index (χ0n) is 9.65. The van der Waals surface area contributed by atoms with Gasteiger partial charge >= 0.3 is 0 Å². The van der Waals surface area contributed by atoms with Crippen LogP contribution in [0.4, 0.5) is 5.69 Å². The molecule has 0 saturated carbocycles. The molecule has 1 unspecified atom stereocenters. The number of amides is 1. The number of carbonyl (C=O) groups is 1. The molecule has 0 aromatic carbocycles. The number of ether oxygens (including phenoxy) is 1. The Morgan fingerprint density at radius 3 is 3.12 bits per heavy atom. The van der Waals surface area contributed by atoms with Gasteiger partial charge in [0.1, 0.15) is 6.10 Å². The average Bonchev–Trinajstić information content (AvgIpc) is 2.29. The van der Waals surface area contributed by atoms with E-state index in [-0.39, 0.29) is 5.91 Å². The third-order valence-corrected chi connectivity index (χ3v) is 2.47. The second-order valence-electron chi connectivity index (χ2n) is 3.47. The molecular weight excluding hydrogens is 284 g/mol. The quantitative estimate of drug-likeness (QED) is 0.649. The fourth-order valence-electron chi connectivity index (χ4n) is 1.13. The van der Waals surface area contributed by atoms with E-state index in [2.05, 4.69) is 32.8 Å². The van der Waals surface area contributed by atoms with Gasteiger partial charge in [-0.3, -0.25) is 9.78 Å². The number of hydrogen-bond acceptors (Lipinski definition) is 3. The van der Waals surface area contributed by atoms with Crippen molar-refractivity contribution in [3.63, 3.8) is 0 Å². The summed E-state index contributed by atoms with van der Waals surface area (Å²) >= 11 is 3.28. The van der Waals surface area contributed by atoms with Gasteiger partial charge in [0.2, 0.25) is 0 Å². The van der Waals surface area contributed by atoms with Gasteiger partial charge in [0.15, 0.2) is 0 Å². The molecule has 1 rings (SSSR count). The summed E-state index contributed by atoms with van der Waals surface area (Å²) in [4.78, 5) is 15.7. The minimum atomic E-state index is -0.492. The van der Waals surface area contributed by atoms with Crippen molar-refractivity contribution in [2.24, 2.45) is 0 Å². The largest absolute Gasteiger partial charge is 0.368 e. The normalized spacial score (nSPS) is 11.9. The first-order valence-electron chi connectivity index (χ1n) is 5.27. The van der Waals surface area contributed by atoms with E-state index in [0.717, 1.165) is 10.9 Å². The molecule has 0 spiro atoms. The van der Waals surface area contributed by atoms with Crippen LogP contribution >= 0.6 is 15.9 Å². The molecule has 0 fully saturated rings. The molecule has 1 atom stereocenters. The third kappa shape index (κ3) is 5.10. The highest BCUT2D eigenvalue weighted by Crippen LogP contribution is 2.14. The molecule has 0 aliphatic rings. The Labute approximate surface area is 109 Å². The summed E-state index contributed by atoms with van der Waals surface area (Å²) in [5.41, 5.74) is 0.642. The molecule has 1 aromatic rings. The Balaban J connectivity index is 2.45. The van der Waals surface area contributed by atoms with Crippen LogP contribution in [0.1, 0.15) is 13.3 Å². The topological polar surface area (TPSA) is 51.2 Å². The lowest BCUT2D eigenvalue weighted by Crippen LogP contribution is -2.28. The summed E-state index contributed by atoms with van der Waals surface area (Å²) in [5, 5.41) is 2.73. The monoisotopic (exact) mass is 298 g/mol. The fraction of sp³-hybridized carbons (Fsp3) is 0.333. The van der Waals surface area contributed by atoms with Crippen LogP contribution < -0.4 is 5.32 Å². The number of anilines is 1. The smallest absolute Gasteiger partial charge is 0.253 e. The summed E-state index contributed by atoms with van der Waals surface area (Å²) in [7, 11) is 0. The van der Waals surface area contributed by atoms with Gasteiger partial charge in [0, 0.05) is 10.7 Å². The van der Waals surface area contributed by atoms with Crippen LogP contribution in [0.25, 0.3) is 0 Å². The molecule has 5 heteroatoms. The van der Waals surface area contributed by atoms with E-state index in [9.17, 15) is 4.79 Å². The molecule has 1 N–H and O–H groups in total. The minimum Gasteiger partial charge on any atom is -0.368 e. The van der Waals surface area contributed by atoms with E-state index in [0.29, 0.717) is 12.3 Å². The SMILES string of the molecule is C=CCCOC(C)C(=O)Nc1cncc(Br)c1. The van der Waals surface area contributed by atoms with Crippen LogP contribution in [0, 0.1) is 0 Å². The predicted octanol–water partition coefficient (Wildman–Crippen LogP) is 2.76. The Bertz CT molecular complexity index is 396. The maximum atomic E-state index is 11.7. The number of halogens is 1. The Morgan fingerprint density at radius 2 is 2.47 bits per heavy atom. The van der Waals surface area contributed by atoms with E-state index in [1.165, 1.54) is 0 Å². The van der Waals surface area contributed by atoms with Gasteiger partial charge in [-0.05, 0) is 35.3 Å². The first-order valence-corrected chi connectivity index (χ1v) is 6.06. The van der Waals surface area contributed by atoms with Gasteiger partial charge in [-0.25, -0.2) is 0 Å². The lowest BCUT2D eigenvalue weighted by Gasteiger charge is -2.12. The summed E-state index contributed by atoms with van der Waals surface area (Å²) in [6.07, 6.45) is 5.23. The highest BCUT2D eigenvalue weighted by Gasteiger charge is 2.13. The van der Waals surface area contributed by atoms with Crippen molar-refractivity contribution >= 4 is 27.5 Å². The van der Waals surface area contributed by atoms with Gasteiger partial charge in [0.05, 0.1) is 18.5 Å². The Kier molecular flexibility index (Phi) is 5.86. The average molecular weight is 299 g/mol. The molecule has 0 aliphatic heterocycles. The molecule has 1 heterocycles. The number of nitrogens with one attached hydrogen (secondary N) is 1. The van der Waals surface area contributed by atoms with Crippen LogP contribution in [0.15, 0.2) is 35.6 Å². The maximum Gasteiger partial charge on any atom is 0.253 e. The lowest BCUT2D eigenvalue weighted by molar-refractivity contribution is -0.126. The third-order valence-electron chi connectivity index (χ3n) is 2.03. The molecule has 1 amide bonds. The number of nitrogens with zero attached hydrogens (tertiary/aromatic N) is 1. The van der Waals surface area contributed by atoms with E-state index in [1.54, 1.807) is 31.5 Å². The van der Waals surface area contributed by atoms with Crippen molar-refractivity contribution in [2.45, 2.75) is 19.4 Å². The standard InChI is InChI=1S/C12H15BrN2O2/c1-3-4-5-17-9(2)12(16)15-11-6-10(13)7-14-8-11/h3,6-9H,1,4-5H2,2H3,(H,15,16). The van der Waals surface area contributed by atoms with Crippen molar-refractivity contribution < 1.29 is 9.53 Å². The molecule has 17 heavy (non-hydrogen) atoms. The van der Waals surface area contributed by atoms with Gasteiger partial charge in [-0.1, -0.05) is 6.08 Å². The number of pyridine rings is 1. The molecule has 92 valence electrons. The van der Waals surface area contributed by atoms with Crippen molar-refractivity contribution in [2.75, 3.05) is 11.9 Å². The maximum absolute atomic E-state index is 11.7. The van der Waals surface area contributed by atoms with Crippen molar-refractivity contribution in [3.8, 4) is 0 Å². The summed E-state index contributed by atoms with van der Waals surface area (Å²) in [6, 6.07) is 1.78. The lowest BCUT2D eigenvalue weighted by atomic mass is 10.3. The molecule has 4 nitrogen and oxygen atoms in total. The summed E-state index contributed by atoms with van der Waals surface area (Å²) < 4.78 is 6.15. The first kappa shape index (κ1) is 13.9. The fourth-order valence-corrected chi connectivity index (χ4v) is 1.49. The van der Waals surface area contributed by atoms with Crippen LogP contribution in [-0.4, -0.2) is 23.6 Å². The molecule has 0 saturated heterocycles. The number of aromatic nitrogens is 1. The van der Waals surface area contributed by atoms with E-state index >= 15 is 0 Å². The second kappa shape index (κ2) is 7.19. The highest BCUT2D eigenvalue weighted by molar-refractivity contribution is 9.10. The Morgan fingerprint density at radius 1 is 1.71 bits per heavy atom. The van der Waals surface area contributed by atoms with Crippen LogP contribution in [0.3, 0.4) is 0 Å². The summed E-state index contributed by atoms with van der Waals surface area (Å²) in [6.45, 7) is 5.79. The summed E-state index contributed by atoms with van der Waals surface area (Å²) in [5.74, 6) is -0.186. The van der Waals surface area contributed by atoms with Crippen molar-refractivity contribution in [1.29, 1.82) is 0 Å². The molecule has 0 aliphatic carbocycles. The molecule has 0 bridgehead atoms. The van der Waals surface area contributed by atoms with Crippen LogP contribution in [0.2, 0.25) is 0 Å². The van der Waals surface area contributed by atoms with Crippen LogP contribution in [-0.2, 0) is 9.53 Å². The molecule has 1 aromatic heterocycles. The van der Waals surface area contributed by atoms with Gasteiger partial charge < -0.3 is 10.1 Å². The highest BCUT2D eigenvalue weighted by atomic mass is 79.9. The van der Waals surface area contributed by atoms with Crippen molar-refractivity contribution in [1.82, 2.24) is 4.98 Å².